The summed E-state index contributed by atoms with van der Waals surface area (Å²) in [5.74, 6) is -1.17. The first kappa shape index (κ1) is 8.19. The molecule has 0 saturated heterocycles. The number of hydrogen-bond acceptors (Lipinski definition) is 3. The van der Waals surface area contributed by atoms with Crippen LogP contribution in [0.1, 0.15) is 10.4 Å². The molecule has 0 saturated carbocycles. The quantitative estimate of drug-likeness (QED) is 0.410. The van der Waals surface area contributed by atoms with Gasteiger partial charge in [0, 0.05) is 12.1 Å². The maximum atomic E-state index is 10.4. The monoisotopic (exact) mass is 168 g/mol. The molecule has 1 aromatic rings. The Kier molecular flexibility index (Phi) is 2.05. The number of carboxylic acids is 1. The Bertz CT molecular complexity index is 305. The van der Waals surface area contributed by atoms with E-state index in [0.717, 1.165) is 6.07 Å². The van der Waals surface area contributed by atoms with Crippen LogP contribution in [0.2, 0.25) is 0 Å². The van der Waals surface area contributed by atoms with Crippen molar-refractivity contribution in [3.8, 4) is 0 Å². The molecular weight excluding hydrogens is 163 g/mol. The van der Waals surface area contributed by atoms with E-state index in [9.17, 15) is 14.9 Å². The van der Waals surface area contributed by atoms with Crippen LogP contribution in [0.25, 0.3) is 0 Å². The predicted octanol–water partition coefficient (Wildman–Crippen LogP) is 1.29. The van der Waals surface area contributed by atoms with Crippen LogP contribution in [0.4, 0.5) is 5.69 Å². The number of hydrogen-bond donors (Lipinski definition) is 1. The molecule has 12 heavy (non-hydrogen) atoms. The highest BCUT2D eigenvalue weighted by Gasteiger charge is 2.08. The van der Waals surface area contributed by atoms with E-state index in [1.165, 1.54) is 18.2 Å². The second kappa shape index (κ2) is 3.00. The van der Waals surface area contributed by atoms with E-state index in [1.54, 1.807) is 0 Å². The zero-order valence-corrected chi connectivity index (χ0v) is 5.93. The lowest BCUT2D eigenvalue weighted by Crippen LogP contribution is -1.97. The zero-order chi connectivity index (χ0) is 9.14. The van der Waals surface area contributed by atoms with Crippen molar-refractivity contribution in [2.24, 2.45) is 0 Å². The van der Waals surface area contributed by atoms with Crippen molar-refractivity contribution >= 4 is 11.7 Å². The lowest BCUT2D eigenvalue weighted by Gasteiger charge is -1.92. The van der Waals surface area contributed by atoms with Gasteiger partial charge in [0.25, 0.3) is 5.69 Å². The standard InChI is InChI=1S/C7H5NO4/c9-7(10)5-2-1-3-6(4-5)8(11)12/h1-4H,(H,9,10)/i7+1. The van der Waals surface area contributed by atoms with Gasteiger partial charge in [0.05, 0.1) is 10.5 Å². The highest BCUT2D eigenvalue weighted by molar-refractivity contribution is 5.88. The number of benzene rings is 1. The number of carboxylic acid groups (broad SMARTS) is 1. The minimum absolute atomic E-state index is 0.0794. The number of rotatable bonds is 2. The Balaban J connectivity index is 3.12. The third-order valence-corrected chi connectivity index (χ3v) is 1.30. The van der Waals surface area contributed by atoms with E-state index in [-0.39, 0.29) is 11.3 Å². The molecule has 0 aliphatic rings. The van der Waals surface area contributed by atoms with Crippen molar-refractivity contribution in [2.75, 3.05) is 0 Å². The van der Waals surface area contributed by atoms with Crippen LogP contribution in [0.5, 0.6) is 0 Å². The molecule has 5 heteroatoms. The molecule has 0 amide bonds. The van der Waals surface area contributed by atoms with Crippen LogP contribution in [0, 0.1) is 10.1 Å². The van der Waals surface area contributed by atoms with Crippen LogP contribution in [0.3, 0.4) is 0 Å². The molecule has 0 aliphatic carbocycles. The van der Waals surface area contributed by atoms with E-state index >= 15 is 0 Å². The largest absolute Gasteiger partial charge is 0.478 e. The Labute approximate surface area is 67.4 Å². The lowest BCUT2D eigenvalue weighted by molar-refractivity contribution is -0.384. The highest BCUT2D eigenvalue weighted by Crippen LogP contribution is 2.12. The van der Waals surface area contributed by atoms with Gasteiger partial charge >= 0.3 is 5.97 Å². The van der Waals surface area contributed by atoms with Crippen LogP contribution >= 0.6 is 0 Å². The Hall–Kier alpha value is -1.91. The topological polar surface area (TPSA) is 80.4 Å². The number of nitro benzene ring substituents is 1. The number of non-ortho nitro benzene ring substituents is 1. The fourth-order valence-electron chi connectivity index (χ4n) is 0.753. The van der Waals surface area contributed by atoms with Crippen molar-refractivity contribution in [2.45, 2.75) is 0 Å². The second-order valence-electron chi connectivity index (χ2n) is 2.11. The van der Waals surface area contributed by atoms with Gasteiger partial charge in [-0.25, -0.2) is 4.79 Å². The molecule has 0 aromatic heterocycles. The average Bonchev–Trinajstić information content (AvgIpc) is 2.04. The Morgan fingerprint density at radius 2 is 2.17 bits per heavy atom. The number of carbonyl (C=O) groups is 1. The molecule has 0 aliphatic heterocycles. The Morgan fingerprint density at radius 1 is 1.50 bits per heavy atom. The van der Waals surface area contributed by atoms with Crippen molar-refractivity contribution in [1.82, 2.24) is 0 Å². The summed E-state index contributed by atoms with van der Waals surface area (Å²) in [4.78, 5) is 19.9. The average molecular weight is 168 g/mol. The lowest BCUT2D eigenvalue weighted by atomic mass is 10.2. The van der Waals surface area contributed by atoms with E-state index in [2.05, 4.69) is 0 Å². The van der Waals surface area contributed by atoms with E-state index in [0.29, 0.717) is 0 Å². The molecule has 0 spiro atoms. The molecule has 5 nitrogen and oxygen atoms in total. The second-order valence-corrected chi connectivity index (χ2v) is 2.11. The van der Waals surface area contributed by atoms with Gasteiger partial charge in [-0.2, -0.15) is 0 Å². The van der Waals surface area contributed by atoms with Gasteiger partial charge in [-0.3, -0.25) is 10.1 Å². The van der Waals surface area contributed by atoms with Crippen molar-refractivity contribution < 1.29 is 14.8 Å². The van der Waals surface area contributed by atoms with Crippen LogP contribution in [-0.4, -0.2) is 16.0 Å². The molecule has 0 heterocycles. The third kappa shape index (κ3) is 1.57. The molecule has 1 aromatic carbocycles. The van der Waals surface area contributed by atoms with Gasteiger partial charge in [-0.1, -0.05) is 6.07 Å². The van der Waals surface area contributed by atoms with Crippen LogP contribution in [0.15, 0.2) is 24.3 Å². The molecule has 62 valence electrons. The zero-order valence-electron chi connectivity index (χ0n) is 5.93. The fraction of sp³-hybridized carbons (Fsp3) is 0. The summed E-state index contributed by atoms with van der Waals surface area (Å²) in [6.07, 6.45) is 0. The molecule has 0 atom stereocenters. The number of nitrogens with zero attached hydrogens (tertiary/aromatic N) is 1. The summed E-state index contributed by atoms with van der Waals surface area (Å²) in [7, 11) is 0. The maximum Gasteiger partial charge on any atom is 0.335 e. The molecular formula is C7H5NO4. The normalized spacial score (nSPS) is 9.33. The Morgan fingerprint density at radius 3 is 2.67 bits per heavy atom. The number of nitro groups is 1. The van der Waals surface area contributed by atoms with Gasteiger partial charge in [-0.15, -0.1) is 0 Å². The van der Waals surface area contributed by atoms with Crippen molar-refractivity contribution in [3.05, 3.63) is 39.9 Å². The maximum absolute atomic E-state index is 10.4. The minimum Gasteiger partial charge on any atom is -0.478 e. The molecule has 0 fully saturated rings. The summed E-state index contributed by atoms with van der Waals surface area (Å²) in [5, 5.41) is 18.7. The summed E-state index contributed by atoms with van der Waals surface area (Å²) in [6, 6.07) is 4.89. The molecule has 0 bridgehead atoms. The SMILES string of the molecule is O=[13C](O)c1cccc([N+](=O)[O-])c1. The summed E-state index contributed by atoms with van der Waals surface area (Å²) >= 11 is 0. The summed E-state index contributed by atoms with van der Waals surface area (Å²) in [5.41, 5.74) is -0.292. The van der Waals surface area contributed by atoms with E-state index in [4.69, 9.17) is 5.11 Å². The molecule has 0 radical (unpaired) electrons. The summed E-state index contributed by atoms with van der Waals surface area (Å²) in [6.45, 7) is 0. The first-order chi connectivity index (χ1) is 5.61. The van der Waals surface area contributed by atoms with Gasteiger partial charge in [0.2, 0.25) is 0 Å². The van der Waals surface area contributed by atoms with Crippen molar-refractivity contribution in [1.29, 1.82) is 0 Å². The van der Waals surface area contributed by atoms with Gasteiger partial charge < -0.3 is 5.11 Å². The van der Waals surface area contributed by atoms with Gasteiger partial charge in [0.1, 0.15) is 0 Å². The van der Waals surface area contributed by atoms with Gasteiger partial charge in [-0.05, 0) is 6.07 Å². The van der Waals surface area contributed by atoms with E-state index < -0.39 is 10.9 Å². The highest BCUT2D eigenvalue weighted by atomic mass is 16.6. The third-order valence-electron chi connectivity index (χ3n) is 1.30. The van der Waals surface area contributed by atoms with E-state index in [1.807, 2.05) is 0 Å². The fourth-order valence-corrected chi connectivity index (χ4v) is 0.753. The number of aromatic carboxylic acids is 1. The van der Waals surface area contributed by atoms with Gasteiger partial charge in [0.15, 0.2) is 0 Å². The smallest absolute Gasteiger partial charge is 0.335 e. The molecule has 0 unspecified atom stereocenters. The predicted molar refractivity (Wildman–Crippen MR) is 40.1 cm³/mol. The minimum atomic E-state index is -1.17. The molecule has 1 rings (SSSR count). The van der Waals surface area contributed by atoms with Crippen molar-refractivity contribution in [3.63, 3.8) is 0 Å². The molecule has 1 N–H and O–H groups in total. The first-order valence-electron chi connectivity index (χ1n) is 3.09. The van der Waals surface area contributed by atoms with Crippen LogP contribution in [-0.2, 0) is 0 Å². The van der Waals surface area contributed by atoms with Crippen LogP contribution < -0.4 is 0 Å². The summed E-state index contributed by atoms with van der Waals surface area (Å²) < 4.78 is 0. The first-order valence-corrected chi connectivity index (χ1v) is 3.09.